The van der Waals surface area contributed by atoms with Crippen LogP contribution in [0.3, 0.4) is 0 Å². The molecule has 2 heterocycles. The second-order valence-electron chi connectivity index (χ2n) is 6.98. The van der Waals surface area contributed by atoms with E-state index in [0.29, 0.717) is 27.4 Å². The smallest absolute Gasteiger partial charge is 0.301 e. The molecular formula is C21H12BrClF3N3O3S. The van der Waals surface area contributed by atoms with Crippen molar-refractivity contribution in [1.29, 1.82) is 0 Å². The maximum Gasteiger partial charge on any atom is 0.416 e. The van der Waals surface area contributed by atoms with Gasteiger partial charge in [0, 0.05) is 10.4 Å². The molecule has 12 heteroatoms. The molecule has 0 spiro atoms. The number of hydrogen-bond acceptors (Lipinski definition) is 5. The molecule has 1 saturated heterocycles. The molecule has 0 N–H and O–H groups in total. The van der Waals surface area contributed by atoms with Crippen LogP contribution in [0.15, 0.2) is 45.9 Å². The number of imide groups is 1. The van der Waals surface area contributed by atoms with E-state index >= 15 is 0 Å². The number of fused-ring (bicyclic) bond motifs is 1. The second-order valence-corrected chi connectivity index (χ2v) is 9.16. The largest absolute Gasteiger partial charge is 0.416 e. The van der Waals surface area contributed by atoms with Crippen molar-refractivity contribution in [3.63, 3.8) is 0 Å². The van der Waals surface area contributed by atoms with Crippen molar-refractivity contribution >= 4 is 73.7 Å². The highest BCUT2D eigenvalue weighted by atomic mass is 79.9. The molecule has 2 aromatic carbocycles. The normalized spacial score (nSPS) is 15.8. The summed E-state index contributed by atoms with van der Waals surface area (Å²) in [7, 11) is 0. The molecule has 1 fully saturated rings. The van der Waals surface area contributed by atoms with Crippen molar-refractivity contribution < 1.29 is 27.6 Å². The third-order valence-corrected chi connectivity index (χ3v) is 6.58. The minimum atomic E-state index is -4.57. The number of nitrogens with zero attached hydrogens (tertiary/aromatic N) is 3. The number of amides is 2. The van der Waals surface area contributed by atoms with E-state index in [1.165, 1.54) is 22.9 Å². The molecule has 0 radical (unpaired) electrons. The van der Waals surface area contributed by atoms with Crippen LogP contribution in [0.1, 0.15) is 16.7 Å². The van der Waals surface area contributed by atoms with Gasteiger partial charge in [0.15, 0.2) is 0 Å². The van der Waals surface area contributed by atoms with Gasteiger partial charge in [-0.3, -0.25) is 19.2 Å². The van der Waals surface area contributed by atoms with Crippen molar-refractivity contribution in [2.24, 2.45) is 0 Å². The molecule has 0 unspecified atom stereocenters. The Labute approximate surface area is 202 Å². The Kier molecular flexibility index (Phi) is 6.39. The van der Waals surface area contributed by atoms with E-state index in [1.54, 1.807) is 18.2 Å². The summed E-state index contributed by atoms with van der Waals surface area (Å²) in [5, 5.41) is 4.37. The van der Waals surface area contributed by atoms with Crippen LogP contribution in [0.4, 0.5) is 18.0 Å². The molecule has 4 rings (SSSR count). The van der Waals surface area contributed by atoms with Crippen LogP contribution in [0, 0.1) is 0 Å². The van der Waals surface area contributed by atoms with Crippen molar-refractivity contribution in [3.05, 3.63) is 67.6 Å². The zero-order valence-corrected chi connectivity index (χ0v) is 19.6. The maximum atomic E-state index is 13.5. The molecular weight excluding hydrogens is 547 g/mol. The maximum absolute atomic E-state index is 13.5. The van der Waals surface area contributed by atoms with Gasteiger partial charge < -0.3 is 4.79 Å². The first kappa shape index (κ1) is 23.5. The Balaban J connectivity index is 1.68. The van der Waals surface area contributed by atoms with Crippen LogP contribution in [-0.2, 0) is 22.3 Å². The van der Waals surface area contributed by atoms with E-state index in [-0.39, 0.29) is 28.6 Å². The predicted octanol–water partition coefficient (Wildman–Crippen LogP) is 5.75. The number of carbonyl (C=O) groups is 3. The summed E-state index contributed by atoms with van der Waals surface area (Å²) in [6.07, 6.45) is -2.58. The zero-order valence-electron chi connectivity index (χ0n) is 16.4. The molecule has 0 aliphatic carbocycles. The molecule has 2 amide bonds. The molecule has 170 valence electrons. The van der Waals surface area contributed by atoms with E-state index in [1.807, 2.05) is 0 Å². The first-order valence-electron chi connectivity index (χ1n) is 9.29. The molecule has 1 aliphatic rings. The van der Waals surface area contributed by atoms with Crippen LogP contribution in [0.2, 0.25) is 5.02 Å². The molecule has 1 aliphatic heterocycles. The van der Waals surface area contributed by atoms with Gasteiger partial charge in [-0.05, 0) is 69.2 Å². The van der Waals surface area contributed by atoms with Gasteiger partial charge in [0.05, 0.1) is 29.1 Å². The van der Waals surface area contributed by atoms with Crippen LogP contribution in [-0.4, -0.2) is 38.7 Å². The highest BCUT2D eigenvalue weighted by molar-refractivity contribution is 9.10. The third-order valence-electron chi connectivity index (χ3n) is 4.86. The van der Waals surface area contributed by atoms with Gasteiger partial charge in [-0.25, -0.2) is 0 Å². The van der Waals surface area contributed by atoms with E-state index in [0.717, 1.165) is 22.7 Å². The number of hydrogen-bond donors (Lipinski definition) is 0. The van der Waals surface area contributed by atoms with E-state index in [4.69, 9.17) is 11.6 Å². The quantitative estimate of drug-likeness (QED) is 0.294. The minimum absolute atomic E-state index is 0.0109. The van der Waals surface area contributed by atoms with Crippen molar-refractivity contribution in [2.45, 2.75) is 12.7 Å². The number of rotatable bonds is 5. The number of halogens is 5. The SMILES string of the molecule is O=CCN1C(=O)S/C(=C\c2ccc3c(c2)c(Br)nn3Cc2ccc(Cl)cc2C(F)(F)F)C1=O. The Morgan fingerprint density at radius 1 is 1.15 bits per heavy atom. The van der Waals surface area contributed by atoms with Gasteiger partial charge >= 0.3 is 6.18 Å². The van der Waals surface area contributed by atoms with Gasteiger partial charge in [-0.2, -0.15) is 18.3 Å². The summed E-state index contributed by atoms with van der Waals surface area (Å²) in [6, 6.07) is 8.61. The monoisotopic (exact) mass is 557 g/mol. The average molecular weight is 559 g/mol. The van der Waals surface area contributed by atoms with Crippen LogP contribution < -0.4 is 0 Å². The molecule has 33 heavy (non-hydrogen) atoms. The molecule has 1 aromatic heterocycles. The summed E-state index contributed by atoms with van der Waals surface area (Å²) in [4.78, 5) is 35.9. The number of benzene rings is 2. The summed E-state index contributed by atoms with van der Waals surface area (Å²) in [5.41, 5.74) is 0.326. The van der Waals surface area contributed by atoms with Gasteiger partial charge in [0.2, 0.25) is 0 Å². The minimum Gasteiger partial charge on any atom is -0.301 e. The number of carbonyl (C=O) groups excluding carboxylic acids is 3. The van der Waals surface area contributed by atoms with E-state index in [9.17, 15) is 27.6 Å². The van der Waals surface area contributed by atoms with Crippen molar-refractivity contribution in [1.82, 2.24) is 14.7 Å². The fraction of sp³-hybridized carbons (Fsp3) is 0.143. The standard InChI is InChI=1S/C21H12BrClF3N3O3S/c22-18-14-7-11(8-17-19(31)28(5-6-30)20(32)33-17)1-4-16(14)29(27-18)10-12-2-3-13(23)9-15(12)21(24,25)26/h1-4,6-9H,5,10H2/b17-8-. The van der Waals surface area contributed by atoms with Crippen LogP contribution in [0.5, 0.6) is 0 Å². The molecule has 0 saturated carbocycles. The Morgan fingerprint density at radius 2 is 1.91 bits per heavy atom. The molecule has 0 atom stereocenters. The van der Waals surface area contributed by atoms with E-state index < -0.39 is 22.9 Å². The fourth-order valence-corrected chi connectivity index (χ4v) is 4.89. The number of thioether (sulfide) groups is 1. The number of alkyl halides is 3. The lowest BCUT2D eigenvalue weighted by atomic mass is 10.1. The predicted molar refractivity (Wildman–Crippen MR) is 122 cm³/mol. The average Bonchev–Trinajstić information content (AvgIpc) is 3.19. The van der Waals surface area contributed by atoms with E-state index in [2.05, 4.69) is 21.0 Å². The number of aromatic nitrogens is 2. The highest BCUT2D eigenvalue weighted by Crippen LogP contribution is 2.36. The Morgan fingerprint density at radius 3 is 2.61 bits per heavy atom. The van der Waals surface area contributed by atoms with Gasteiger partial charge in [0.25, 0.3) is 11.1 Å². The highest BCUT2D eigenvalue weighted by Gasteiger charge is 2.35. The van der Waals surface area contributed by atoms with Crippen molar-refractivity contribution in [3.8, 4) is 0 Å². The van der Waals surface area contributed by atoms with Gasteiger partial charge in [-0.15, -0.1) is 0 Å². The van der Waals surface area contributed by atoms with Gasteiger partial charge in [-0.1, -0.05) is 23.7 Å². The summed E-state index contributed by atoms with van der Waals surface area (Å²) in [6.45, 7) is -0.456. The molecule has 6 nitrogen and oxygen atoms in total. The Bertz CT molecular complexity index is 1340. The molecule has 3 aromatic rings. The van der Waals surface area contributed by atoms with Crippen LogP contribution in [0.25, 0.3) is 17.0 Å². The third kappa shape index (κ3) is 4.71. The number of aldehydes is 1. The lowest BCUT2D eigenvalue weighted by Crippen LogP contribution is -2.29. The Hall–Kier alpha value is -2.63. The summed E-state index contributed by atoms with van der Waals surface area (Å²) < 4.78 is 42.2. The summed E-state index contributed by atoms with van der Waals surface area (Å²) in [5.74, 6) is -0.561. The van der Waals surface area contributed by atoms with Crippen molar-refractivity contribution in [2.75, 3.05) is 6.54 Å². The zero-order chi connectivity index (χ0) is 23.9. The lowest BCUT2D eigenvalue weighted by Gasteiger charge is -2.14. The first-order valence-corrected chi connectivity index (χ1v) is 11.3. The van der Waals surface area contributed by atoms with Crippen LogP contribution >= 0.6 is 39.3 Å². The fourth-order valence-electron chi connectivity index (χ4n) is 3.36. The lowest BCUT2D eigenvalue weighted by molar-refractivity contribution is -0.138. The van der Waals surface area contributed by atoms with Gasteiger partial charge in [0.1, 0.15) is 10.9 Å². The molecule has 0 bridgehead atoms. The summed E-state index contributed by atoms with van der Waals surface area (Å²) >= 11 is 9.81. The topological polar surface area (TPSA) is 72.3 Å². The first-order chi connectivity index (χ1) is 15.6. The second kappa shape index (κ2) is 8.96.